The van der Waals surface area contributed by atoms with Crippen molar-refractivity contribution in [1.29, 1.82) is 0 Å². The Kier molecular flexibility index (Phi) is 3.94. The zero-order valence-corrected chi connectivity index (χ0v) is 11.0. The number of rotatable bonds is 4. The van der Waals surface area contributed by atoms with Gasteiger partial charge in [-0.15, -0.1) is 0 Å². The lowest BCUT2D eigenvalue weighted by molar-refractivity contribution is -0.384. The summed E-state index contributed by atoms with van der Waals surface area (Å²) in [6.07, 6.45) is 0. The number of non-ortho nitro benzene ring substituents is 1. The van der Waals surface area contributed by atoms with Crippen molar-refractivity contribution in [3.8, 4) is 11.5 Å². The summed E-state index contributed by atoms with van der Waals surface area (Å²) in [5.41, 5.74) is 1.01. The van der Waals surface area contributed by atoms with Gasteiger partial charge >= 0.3 is 0 Å². The molecule has 0 fully saturated rings. The predicted octanol–water partition coefficient (Wildman–Crippen LogP) is 4.28. The highest BCUT2D eigenvalue weighted by atomic mass is 79.9. The number of ether oxygens (including phenoxy) is 1. The topological polar surface area (TPSA) is 52.4 Å². The summed E-state index contributed by atoms with van der Waals surface area (Å²) in [4.78, 5) is 10.2. The molecule has 0 saturated heterocycles. The number of para-hydroxylation sites is 1. The molecule has 2 aromatic carbocycles. The molecule has 0 aliphatic carbocycles. The van der Waals surface area contributed by atoms with Crippen molar-refractivity contribution in [2.75, 3.05) is 0 Å². The first-order chi connectivity index (χ1) is 8.70. The van der Waals surface area contributed by atoms with Crippen LogP contribution in [-0.4, -0.2) is 4.92 Å². The predicted molar refractivity (Wildman–Crippen MR) is 72.2 cm³/mol. The summed E-state index contributed by atoms with van der Waals surface area (Å²) >= 11 is 3.37. The van der Waals surface area contributed by atoms with E-state index < -0.39 is 4.92 Å². The molecule has 0 radical (unpaired) electrons. The van der Waals surface area contributed by atoms with Crippen LogP contribution in [0.5, 0.6) is 11.5 Å². The van der Waals surface area contributed by atoms with Crippen LogP contribution in [0.4, 0.5) is 5.69 Å². The van der Waals surface area contributed by atoms with E-state index in [0.29, 0.717) is 16.8 Å². The van der Waals surface area contributed by atoms with E-state index in [0.717, 1.165) is 5.56 Å². The largest absolute Gasteiger partial charge is 0.457 e. The van der Waals surface area contributed by atoms with Gasteiger partial charge in [-0.05, 0) is 12.1 Å². The second-order valence-electron chi connectivity index (χ2n) is 3.60. The van der Waals surface area contributed by atoms with Crippen LogP contribution in [0.25, 0.3) is 0 Å². The van der Waals surface area contributed by atoms with Gasteiger partial charge < -0.3 is 4.74 Å². The maximum Gasteiger partial charge on any atom is 0.273 e. The lowest BCUT2D eigenvalue weighted by Crippen LogP contribution is -1.91. The summed E-state index contributed by atoms with van der Waals surface area (Å²) < 4.78 is 5.66. The molecular weight excluding hydrogens is 298 g/mol. The number of alkyl halides is 1. The molecular formula is C13H10BrNO3. The van der Waals surface area contributed by atoms with E-state index >= 15 is 0 Å². The van der Waals surface area contributed by atoms with Gasteiger partial charge in [-0.3, -0.25) is 10.1 Å². The first kappa shape index (κ1) is 12.6. The molecule has 0 saturated carbocycles. The van der Waals surface area contributed by atoms with Gasteiger partial charge in [0.1, 0.15) is 11.5 Å². The fraction of sp³-hybridized carbons (Fsp3) is 0.0769. The molecule has 0 aromatic heterocycles. The van der Waals surface area contributed by atoms with Crippen LogP contribution in [0.3, 0.4) is 0 Å². The molecule has 0 N–H and O–H groups in total. The summed E-state index contributed by atoms with van der Waals surface area (Å²) in [6, 6.07) is 13.7. The van der Waals surface area contributed by atoms with Crippen molar-refractivity contribution in [1.82, 2.24) is 0 Å². The van der Waals surface area contributed by atoms with Gasteiger partial charge in [0.15, 0.2) is 0 Å². The maximum atomic E-state index is 10.7. The normalized spacial score (nSPS) is 10.1. The number of hydrogen-bond donors (Lipinski definition) is 0. The molecule has 0 heterocycles. The van der Waals surface area contributed by atoms with E-state index in [-0.39, 0.29) is 5.69 Å². The number of benzene rings is 2. The quantitative estimate of drug-likeness (QED) is 0.481. The zero-order chi connectivity index (χ0) is 13.0. The number of nitro groups is 1. The monoisotopic (exact) mass is 307 g/mol. The minimum Gasteiger partial charge on any atom is -0.457 e. The van der Waals surface area contributed by atoms with Crippen LogP contribution < -0.4 is 4.74 Å². The highest BCUT2D eigenvalue weighted by molar-refractivity contribution is 9.08. The molecule has 0 spiro atoms. The molecule has 18 heavy (non-hydrogen) atoms. The van der Waals surface area contributed by atoms with Crippen LogP contribution in [0, 0.1) is 10.1 Å². The van der Waals surface area contributed by atoms with Crippen molar-refractivity contribution in [3.63, 3.8) is 0 Å². The summed E-state index contributed by atoms with van der Waals surface area (Å²) in [6.45, 7) is 0. The van der Waals surface area contributed by atoms with Crippen molar-refractivity contribution in [2.45, 2.75) is 5.33 Å². The van der Waals surface area contributed by atoms with Gasteiger partial charge in [-0.25, -0.2) is 0 Å². The Balaban J connectivity index is 2.28. The second-order valence-corrected chi connectivity index (χ2v) is 4.16. The summed E-state index contributed by atoms with van der Waals surface area (Å²) in [7, 11) is 0. The lowest BCUT2D eigenvalue weighted by Gasteiger charge is -2.08. The van der Waals surface area contributed by atoms with Crippen LogP contribution >= 0.6 is 15.9 Å². The van der Waals surface area contributed by atoms with Crippen LogP contribution in [-0.2, 0) is 5.33 Å². The average molecular weight is 308 g/mol. The molecule has 4 nitrogen and oxygen atoms in total. The van der Waals surface area contributed by atoms with Gasteiger partial charge in [0, 0.05) is 17.0 Å². The molecule has 0 unspecified atom stereocenters. The third kappa shape index (κ3) is 2.87. The molecule has 2 rings (SSSR count). The van der Waals surface area contributed by atoms with Crippen molar-refractivity contribution >= 4 is 21.6 Å². The first-order valence-corrected chi connectivity index (χ1v) is 6.39. The number of halogens is 1. The molecule has 92 valence electrons. The minimum atomic E-state index is -0.441. The first-order valence-electron chi connectivity index (χ1n) is 5.27. The molecule has 0 amide bonds. The SMILES string of the molecule is O=[N+]([O-])c1cccc(Oc2ccccc2CBr)c1. The Morgan fingerprint density at radius 1 is 1.17 bits per heavy atom. The van der Waals surface area contributed by atoms with E-state index in [9.17, 15) is 10.1 Å². The fourth-order valence-corrected chi connectivity index (χ4v) is 1.96. The van der Waals surface area contributed by atoms with E-state index in [1.165, 1.54) is 12.1 Å². The van der Waals surface area contributed by atoms with Gasteiger partial charge in [-0.2, -0.15) is 0 Å². The van der Waals surface area contributed by atoms with Gasteiger partial charge in [0.05, 0.1) is 11.0 Å². The smallest absolute Gasteiger partial charge is 0.273 e. The fourth-order valence-electron chi connectivity index (χ4n) is 1.50. The van der Waals surface area contributed by atoms with Crippen molar-refractivity contribution in [2.24, 2.45) is 0 Å². The Labute approximate surface area is 112 Å². The molecule has 0 aliphatic rings. The van der Waals surface area contributed by atoms with Crippen LogP contribution in [0.15, 0.2) is 48.5 Å². The Morgan fingerprint density at radius 3 is 2.67 bits per heavy atom. The second kappa shape index (κ2) is 5.64. The van der Waals surface area contributed by atoms with E-state index in [1.54, 1.807) is 12.1 Å². The Morgan fingerprint density at radius 2 is 1.94 bits per heavy atom. The van der Waals surface area contributed by atoms with E-state index in [1.807, 2.05) is 24.3 Å². The highest BCUT2D eigenvalue weighted by Crippen LogP contribution is 2.28. The molecule has 5 heteroatoms. The van der Waals surface area contributed by atoms with Crippen molar-refractivity contribution < 1.29 is 9.66 Å². The standard InChI is InChI=1S/C13H10BrNO3/c14-9-10-4-1-2-7-13(10)18-12-6-3-5-11(8-12)15(16)17/h1-8H,9H2. The van der Waals surface area contributed by atoms with E-state index in [4.69, 9.17) is 4.74 Å². The molecule has 0 atom stereocenters. The van der Waals surface area contributed by atoms with E-state index in [2.05, 4.69) is 15.9 Å². The summed E-state index contributed by atoms with van der Waals surface area (Å²) in [5.74, 6) is 1.15. The Hall–Kier alpha value is -1.88. The minimum absolute atomic E-state index is 0.0174. The summed E-state index contributed by atoms with van der Waals surface area (Å²) in [5, 5.41) is 11.3. The van der Waals surface area contributed by atoms with Gasteiger partial charge in [0.25, 0.3) is 5.69 Å². The molecule has 2 aromatic rings. The number of nitro benzene ring substituents is 1. The molecule has 0 aliphatic heterocycles. The molecule has 0 bridgehead atoms. The van der Waals surface area contributed by atoms with Crippen LogP contribution in [0.1, 0.15) is 5.56 Å². The van der Waals surface area contributed by atoms with Crippen LogP contribution in [0.2, 0.25) is 0 Å². The highest BCUT2D eigenvalue weighted by Gasteiger charge is 2.08. The van der Waals surface area contributed by atoms with Gasteiger partial charge in [0.2, 0.25) is 0 Å². The average Bonchev–Trinajstić information content (AvgIpc) is 2.39. The van der Waals surface area contributed by atoms with Gasteiger partial charge in [-0.1, -0.05) is 40.2 Å². The zero-order valence-electron chi connectivity index (χ0n) is 9.38. The maximum absolute atomic E-state index is 10.7. The van der Waals surface area contributed by atoms with Crippen molar-refractivity contribution in [3.05, 3.63) is 64.2 Å². The number of hydrogen-bond acceptors (Lipinski definition) is 3. The number of nitrogens with zero attached hydrogens (tertiary/aromatic N) is 1. The Bertz CT molecular complexity index is 572. The third-order valence-corrected chi connectivity index (χ3v) is 2.98. The third-order valence-electron chi connectivity index (χ3n) is 2.37. The lowest BCUT2D eigenvalue weighted by atomic mass is 10.2.